The molecule has 0 spiro atoms. The summed E-state index contributed by atoms with van der Waals surface area (Å²) in [6.07, 6.45) is 0. The van der Waals surface area contributed by atoms with Crippen LogP contribution in [0.15, 0.2) is 0 Å². The first-order chi connectivity index (χ1) is 3.68. The molecule has 0 aromatic carbocycles. The monoisotopic (exact) mass is 164 g/mol. The van der Waals surface area contributed by atoms with Crippen LogP contribution in [0.4, 0.5) is 4.53 Å². The minimum absolute atomic E-state index is 0.933. The molecule has 8 heavy (non-hydrogen) atoms. The van der Waals surface area contributed by atoms with E-state index in [0.717, 1.165) is 7.11 Å². The van der Waals surface area contributed by atoms with Crippen molar-refractivity contribution in [1.82, 2.24) is 0 Å². The molecular formula is CH3ClFO4P. The molecule has 0 aliphatic carbocycles. The number of phosphoric acid groups is 1. The molecule has 1 unspecified atom stereocenters. The van der Waals surface area contributed by atoms with Crippen molar-refractivity contribution in [3.63, 3.8) is 0 Å². The number of hydrogen-bond acceptors (Lipinski definition) is 4. The van der Waals surface area contributed by atoms with Crippen molar-refractivity contribution in [1.29, 1.82) is 0 Å². The van der Waals surface area contributed by atoms with Gasteiger partial charge in [0.2, 0.25) is 0 Å². The fraction of sp³-hybridized carbons (Fsp3) is 1.00. The molecule has 0 aliphatic heterocycles. The van der Waals surface area contributed by atoms with Gasteiger partial charge < -0.3 is 0 Å². The average Bonchev–Trinajstić information content (AvgIpc) is 1.87. The molecule has 0 bridgehead atoms. The molecule has 0 rings (SSSR count). The van der Waals surface area contributed by atoms with Crippen LogP contribution in [0.5, 0.6) is 0 Å². The van der Waals surface area contributed by atoms with Gasteiger partial charge in [-0.3, -0.25) is 4.52 Å². The lowest BCUT2D eigenvalue weighted by molar-refractivity contribution is -0.0400. The summed E-state index contributed by atoms with van der Waals surface area (Å²) in [5.74, 6) is 0. The van der Waals surface area contributed by atoms with Gasteiger partial charge in [0.25, 0.3) is 0 Å². The first-order valence-electron chi connectivity index (χ1n) is 1.45. The minimum atomic E-state index is -4.06. The molecule has 4 nitrogen and oxygen atoms in total. The van der Waals surface area contributed by atoms with Gasteiger partial charge in [-0.1, -0.05) is 4.73 Å². The summed E-state index contributed by atoms with van der Waals surface area (Å²) >= 11 is 4.46. The van der Waals surface area contributed by atoms with Gasteiger partial charge in [0.05, 0.1) is 11.9 Å². The van der Waals surface area contributed by atoms with Crippen molar-refractivity contribution in [2.45, 2.75) is 0 Å². The lowest BCUT2D eigenvalue weighted by Crippen LogP contribution is -1.82. The Hall–Kier alpha value is 0.330. The van der Waals surface area contributed by atoms with Crippen LogP contribution >= 0.6 is 19.7 Å². The molecule has 0 saturated carbocycles. The molecule has 0 saturated heterocycles. The van der Waals surface area contributed by atoms with Crippen LogP contribution in [0.2, 0.25) is 0 Å². The predicted molar refractivity (Wildman–Crippen MR) is 23.7 cm³/mol. The Labute approximate surface area is 50.2 Å². The zero-order valence-electron chi connectivity index (χ0n) is 3.84. The predicted octanol–water partition coefficient (Wildman–Crippen LogP) is 1.81. The lowest BCUT2D eigenvalue weighted by atomic mass is 11.8. The average molecular weight is 164 g/mol. The highest BCUT2D eigenvalue weighted by atomic mass is 35.5. The highest BCUT2D eigenvalue weighted by Crippen LogP contribution is 2.49. The number of hydrogen-bond donors (Lipinski definition) is 0. The van der Waals surface area contributed by atoms with E-state index < -0.39 is 7.82 Å². The van der Waals surface area contributed by atoms with Crippen molar-refractivity contribution in [2.75, 3.05) is 7.11 Å². The van der Waals surface area contributed by atoms with Crippen LogP contribution in [0.3, 0.4) is 0 Å². The Morgan fingerprint density at radius 1 is 1.75 bits per heavy atom. The second-order valence-electron chi connectivity index (χ2n) is 0.768. The van der Waals surface area contributed by atoms with E-state index in [9.17, 15) is 9.09 Å². The standard InChI is InChI=1S/CH3ClFO4P/c1-5-8(4,6-2)7-3/h1H3. The quantitative estimate of drug-likeness (QED) is 0.597. The van der Waals surface area contributed by atoms with Gasteiger partial charge in [0, 0.05) is 7.11 Å². The van der Waals surface area contributed by atoms with E-state index in [4.69, 9.17) is 0 Å². The van der Waals surface area contributed by atoms with E-state index in [2.05, 4.69) is 25.2 Å². The molecule has 0 aliphatic rings. The van der Waals surface area contributed by atoms with Gasteiger partial charge in [-0.2, -0.15) is 4.08 Å². The Bertz CT molecular complexity index is 87.2. The maximum Gasteiger partial charge on any atom is 0.522 e. The molecular weight excluding hydrogens is 161 g/mol. The van der Waals surface area contributed by atoms with Gasteiger partial charge in [0.15, 0.2) is 0 Å². The van der Waals surface area contributed by atoms with E-state index in [1.165, 1.54) is 0 Å². The zero-order chi connectivity index (χ0) is 6.62. The Balaban J connectivity index is 3.79. The molecule has 0 N–H and O–H groups in total. The van der Waals surface area contributed by atoms with Crippen LogP contribution in [0.25, 0.3) is 0 Å². The topological polar surface area (TPSA) is 44.8 Å². The maximum absolute atomic E-state index is 10.9. The van der Waals surface area contributed by atoms with Crippen LogP contribution in [-0.2, 0) is 17.9 Å². The summed E-state index contributed by atoms with van der Waals surface area (Å²) < 4.78 is 31.1. The molecule has 0 fully saturated rings. The van der Waals surface area contributed by atoms with E-state index >= 15 is 0 Å². The summed E-state index contributed by atoms with van der Waals surface area (Å²) in [6.45, 7) is 0. The SMILES string of the molecule is COP(=O)(OF)OCl. The van der Waals surface area contributed by atoms with Crippen LogP contribution in [0.1, 0.15) is 0 Å². The lowest BCUT2D eigenvalue weighted by Gasteiger charge is -2.01. The second-order valence-corrected chi connectivity index (χ2v) is 2.72. The van der Waals surface area contributed by atoms with E-state index in [1.54, 1.807) is 0 Å². The third-order valence-corrected chi connectivity index (χ3v) is 1.69. The highest BCUT2D eigenvalue weighted by Gasteiger charge is 2.25. The van der Waals surface area contributed by atoms with Gasteiger partial charge in [-0.05, 0) is 4.53 Å². The summed E-state index contributed by atoms with van der Waals surface area (Å²) in [6, 6.07) is 0. The smallest absolute Gasteiger partial charge is 0.288 e. The highest BCUT2D eigenvalue weighted by molar-refractivity contribution is 7.49. The Morgan fingerprint density at radius 3 is 2.25 bits per heavy atom. The molecule has 7 heteroatoms. The van der Waals surface area contributed by atoms with Crippen molar-refractivity contribution in [2.24, 2.45) is 0 Å². The summed E-state index contributed by atoms with van der Waals surface area (Å²) in [7, 11) is -3.13. The van der Waals surface area contributed by atoms with E-state index in [0.29, 0.717) is 0 Å². The summed E-state index contributed by atoms with van der Waals surface area (Å²) in [5.41, 5.74) is 0. The van der Waals surface area contributed by atoms with Crippen molar-refractivity contribution >= 4 is 19.7 Å². The number of halogens is 2. The zero-order valence-corrected chi connectivity index (χ0v) is 5.49. The van der Waals surface area contributed by atoms with Crippen molar-refractivity contribution < 1.29 is 22.4 Å². The van der Waals surface area contributed by atoms with Crippen molar-refractivity contribution in [3.8, 4) is 0 Å². The van der Waals surface area contributed by atoms with E-state index in [-0.39, 0.29) is 0 Å². The molecule has 1 atom stereocenters. The van der Waals surface area contributed by atoms with Gasteiger partial charge in [-0.25, -0.2) is 4.57 Å². The van der Waals surface area contributed by atoms with Gasteiger partial charge in [-0.15, -0.1) is 0 Å². The molecule has 0 amide bonds. The minimum Gasteiger partial charge on any atom is -0.288 e. The largest absolute Gasteiger partial charge is 0.522 e. The second kappa shape index (κ2) is 3.37. The van der Waals surface area contributed by atoms with Gasteiger partial charge in [0.1, 0.15) is 0 Å². The van der Waals surface area contributed by atoms with Crippen LogP contribution < -0.4 is 0 Å². The van der Waals surface area contributed by atoms with Crippen molar-refractivity contribution in [3.05, 3.63) is 0 Å². The first-order valence-corrected chi connectivity index (χ1v) is 3.22. The third-order valence-electron chi connectivity index (χ3n) is 0.393. The molecule has 50 valence electrons. The third kappa shape index (κ3) is 2.07. The summed E-state index contributed by atoms with van der Waals surface area (Å²) in [5, 5.41) is 0. The van der Waals surface area contributed by atoms with Crippen LogP contribution in [0, 0.1) is 0 Å². The Kier molecular flexibility index (Phi) is 3.51. The number of rotatable bonds is 3. The Morgan fingerprint density at radius 2 is 2.25 bits per heavy atom. The van der Waals surface area contributed by atoms with Crippen LogP contribution in [-0.4, -0.2) is 7.11 Å². The fourth-order valence-corrected chi connectivity index (χ4v) is 0.434. The molecule has 0 aromatic heterocycles. The normalized spacial score (nSPS) is 17.9. The van der Waals surface area contributed by atoms with Gasteiger partial charge >= 0.3 is 7.82 Å². The molecule has 0 heterocycles. The maximum atomic E-state index is 10.9. The van der Waals surface area contributed by atoms with E-state index in [1.807, 2.05) is 0 Å². The fourth-order valence-electron chi connectivity index (χ4n) is 0.0670. The summed E-state index contributed by atoms with van der Waals surface area (Å²) in [4.78, 5) is 0. The molecule has 0 aromatic rings. The first kappa shape index (κ1) is 8.33. The molecule has 0 radical (unpaired) electrons.